The van der Waals surface area contributed by atoms with Gasteiger partial charge in [0.2, 0.25) is 0 Å². The Kier molecular flexibility index (Phi) is 5.78. The van der Waals surface area contributed by atoms with Crippen molar-refractivity contribution in [3.8, 4) is 0 Å². The van der Waals surface area contributed by atoms with Gasteiger partial charge in [-0.3, -0.25) is 0 Å². The molecule has 1 aromatic carbocycles. The van der Waals surface area contributed by atoms with Gasteiger partial charge in [-0.15, -0.1) is 11.6 Å². The standard InChI is InChI=1S/C12H18ClNO2S/c1-17(15,16)12-8-4-3-7-11(12)14-10-6-2-5-9-13/h3-4,7-8,14H,2,5-6,9-10H2,1H3. The first-order valence-corrected chi connectivity index (χ1v) is 8.07. The van der Waals surface area contributed by atoms with Gasteiger partial charge in [0, 0.05) is 18.7 Å². The van der Waals surface area contributed by atoms with E-state index in [1.165, 1.54) is 6.26 Å². The van der Waals surface area contributed by atoms with Crippen molar-refractivity contribution in [2.75, 3.05) is 24.0 Å². The molecule has 0 aromatic heterocycles. The number of nitrogens with one attached hydrogen (secondary N) is 1. The summed E-state index contributed by atoms with van der Waals surface area (Å²) >= 11 is 5.58. The minimum Gasteiger partial charge on any atom is -0.384 e. The lowest BCUT2D eigenvalue weighted by molar-refractivity contribution is 0.602. The highest BCUT2D eigenvalue weighted by atomic mass is 35.5. The molecular weight excluding hydrogens is 258 g/mol. The van der Waals surface area contributed by atoms with E-state index in [2.05, 4.69) is 5.32 Å². The van der Waals surface area contributed by atoms with Gasteiger partial charge in [-0.25, -0.2) is 8.42 Å². The Balaban J connectivity index is 2.59. The Bertz CT molecular complexity index is 446. The first-order chi connectivity index (χ1) is 8.05. The molecule has 3 nitrogen and oxygen atoms in total. The number of unbranched alkanes of at least 4 members (excludes halogenated alkanes) is 2. The third-order valence-corrected chi connectivity index (χ3v) is 3.83. The molecule has 0 spiro atoms. The number of hydrogen-bond donors (Lipinski definition) is 1. The van der Waals surface area contributed by atoms with Gasteiger partial charge in [0.05, 0.1) is 10.6 Å². The molecule has 1 N–H and O–H groups in total. The molecule has 0 fully saturated rings. The third-order valence-electron chi connectivity index (χ3n) is 2.41. The smallest absolute Gasteiger partial charge is 0.177 e. The van der Waals surface area contributed by atoms with E-state index >= 15 is 0 Å². The second-order valence-corrected chi connectivity index (χ2v) is 6.31. The maximum absolute atomic E-state index is 11.5. The van der Waals surface area contributed by atoms with E-state index in [4.69, 9.17) is 11.6 Å². The van der Waals surface area contributed by atoms with Gasteiger partial charge in [-0.05, 0) is 25.0 Å². The van der Waals surface area contributed by atoms with Crippen LogP contribution in [0.3, 0.4) is 0 Å². The van der Waals surface area contributed by atoms with Crippen LogP contribution in [0.1, 0.15) is 19.3 Å². The Labute approximate surface area is 108 Å². The molecule has 0 bridgehead atoms. The van der Waals surface area contributed by atoms with Crippen LogP contribution in [0.4, 0.5) is 5.69 Å². The highest BCUT2D eigenvalue weighted by Crippen LogP contribution is 2.20. The molecule has 0 radical (unpaired) electrons. The van der Waals surface area contributed by atoms with Gasteiger partial charge in [-0.1, -0.05) is 18.6 Å². The summed E-state index contributed by atoms with van der Waals surface area (Å²) in [6.07, 6.45) is 4.26. The zero-order chi connectivity index (χ0) is 12.7. The van der Waals surface area contributed by atoms with E-state index in [0.717, 1.165) is 25.8 Å². The molecule has 0 aliphatic heterocycles. The summed E-state index contributed by atoms with van der Waals surface area (Å²) < 4.78 is 23.1. The molecule has 0 saturated carbocycles. The third kappa shape index (κ3) is 4.96. The van der Waals surface area contributed by atoms with Crippen molar-refractivity contribution in [1.82, 2.24) is 0 Å². The fraction of sp³-hybridized carbons (Fsp3) is 0.500. The summed E-state index contributed by atoms with van der Waals surface area (Å²) in [6.45, 7) is 0.767. The summed E-state index contributed by atoms with van der Waals surface area (Å²) in [4.78, 5) is 0.359. The molecule has 0 saturated heterocycles. The first kappa shape index (κ1) is 14.3. The first-order valence-electron chi connectivity index (χ1n) is 5.64. The lowest BCUT2D eigenvalue weighted by atomic mass is 10.2. The molecule has 0 heterocycles. The lowest BCUT2D eigenvalue weighted by Gasteiger charge is -2.10. The topological polar surface area (TPSA) is 46.2 Å². The SMILES string of the molecule is CS(=O)(=O)c1ccccc1NCCCCCCl. The van der Waals surface area contributed by atoms with Gasteiger partial charge in [0.25, 0.3) is 0 Å². The monoisotopic (exact) mass is 275 g/mol. The fourth-order valence-corrected chi connectivity index (χ4v) is 2.61. The number of halogens is 1. The van der Waals surface area contributed by atoms with Crippen LogP contribution < -0.4 is 5.32 Å². The molecule has 1 aromatic rings. The summed E-state index contributed by atoms with van der Waals surface area (Å²) in [6, 6.07) is 6.97. The number of benzene rings is 1. The van der Waals surface area contributed by atoms with Crippen molar-refractivity contribution in [2.45, 2.75) is 24.2 Å². The number of para-hydroxylation sites is 1. The number of alkyl halides is 1. The molecule has 5 heteroatoms. The van der Waals surface area contributed by atoms with Crippen LogP contribution in [0.25, 0.3) is 0 Å². The maximum atomic E-state index is 11.5. The van der Waals surface area contributed by atoms with Crippen LogP contribution in [0, 0.1) is 0 Å². The average Bonchev–Trinajstić information content (AvgIpc) is 2.28. The Hall–Kier alpha value is -0.740. The van der Waals surface area contributed by atoms with E-state index in [1.54, 1.807) is 18.2 Å². The predicted molar refractivity (Wildman–Crippen MR) is 72.6 cm³/mol. The zero-order valence-corrected chi connectivity index (χ0v) is 11.5. The zero-order valence-electron chi connectivity index (χ0n) is 9.95. The van der Waals surface area contributed by atoms with Crippen molar-refractivity contribution in [3.05, 3.63) is 24.3 Å². The second kappa shape index (κ2) is 6.87. The molecule has 0 aliphatic carbocycles. The number of rotatable bonds is 7. The predicted octanol–water partition coefficient (Wildman–Crippen LogP) is 2.91. The molecular formula is C12H18ClNO2S. The lowest BCUT2D eigenvalue weighted by Crippen LogP contribution is -2.07. The Morgan fingerprint density at radius 1 is 1.18 bits per heavy atom. The molecule has 0 atom stereocenters. The number of hydrogen-bond acceptors (Lipinski definition) is 3. The van der Waals surface area contributed by atoms with Crippen molar-refractivity contribution < 1.29 is 8.42 Å². The van der Waals surface area contributed by atoms with E-state index in [-0.39, 0.29) is 0 Å². The van der Waals surface area contributed by atoms with Crippen molar-refractivity contribution in [1.29, 1.82) is 0 Å². The summed E-state index contributed by atoms with van der Waals surface area (Å²) in [5.41, 5.74) is 0.681. The molecule has 0 amide bonds. The average molecular weight is 276 g/mol. The van der Waals surface area contributed by atoms with Crippen LogP contribution in [-0.4, -0.2) is 27.1 Å². The molecule has 96 valence electrons. The molecule has 0 aliphatic rings. The summed E-state index contributed by atoms with van der Waals surface area (Å²) in [7, 11) is -3.16. The number of sulfone groups is 1. The van der Waals surface area contributed by atoms with Crippen LogP contribution in [0.2, 0.25) is 0 Å². The van der Waals surface area contributed by atoms with Crippen LogP contribution in [-0.2, 0) is 9.84 Å². The minimum absolute atomic E-state index is 0.359. The van der Waals surface area contributed by atoms with E-state index in [1.807, 2.05) is 6.07 Å². The van der Waals surface area contributed by atoms with Crippen molar-refractivity contribution in [3.63, 3.8) is 0 Å². The van der Waals surface area contributed by atoms with Crippen molar-refractivity contribution >= 4 is 27.1 Å². The number of anilines is 1. The molecule has 17 heavy (non-hydrogen) atoms. The fourth-order valence-electron chi connectivity index (χ4n) is 1.56. The van der Waals surface area contributed by atoms with Gasteiger partial charge in [0.15, 0.2) is 9.84 Å². The Morgan fingerprint density at radius 3 is 2.53 bits per heavy atom. The summed E-state index contributed by atoms with van der Waals surface area (Å²) in [5, 5.41) is 3.16. The summed E-state index contributed by atoms with van der Waals surface area (Å²) in [5.74, 6) is 0.680. The molecule has 0 unspecified atom stereocenters. The van der Waals surface area contributed by atoms with Crippen LogP contribution in [0.5, 0.6) is 0 Å². The van der Waals surface area contributed by atoms with E-state index in [0.29, 0.717) is 16.5 Å². The quantitative estimate of drug-likeness (QED) is 0.615. The highest BCUT2D eigenvalue weighted by Gasteiger charge is 2.11. The van der Waals surface area contributed by atoms with Gasteiger partial charge in [-0.2, -0.15) is 0 Å². The van der Waals surface area contributed by atoms with Gasteiger partial charge >= 0.3 is 0 Å². The Morgan fingerprint density at radius 2 is 1.88 bits per heavy atom. The van der Waals surface area contributed by atoms with E-state index in [9.17, 15) is 8.42 Å². The maximum Gasteiger partial charge on any atom is 0.177 e. The molecule has 1 rings (SSSR count). The second-order valence-electron chi connectivity index (χ2n) is 3.94. The van der Waals surface area contributed by atoms with Gasteiger partial charge < -0.3 is 5.32 Å². The highest BCUT2D eigenvalue weighted by molar-refractivity contribution is 7.90. The normalized spacial score (nSPS) is 11.4. The van der Waals surface area contributed by atoms with Crippen LogP contribution in [0.15, 0.2) is 29.2 Å². The largest absolute Gasteiger partial charge is 0.384 e. The van der Waals surface area contributed by atoms with Crippen LogP contribution >= 0.6 is 11.6 Å². The van der Waals surface area contributed by atoms with Gasteiger partial charge in [0.1, 0.15) is 0 Å². The van der Waals surface area contributed by atoms with Crippen molar-refractivity contribution in [2.24, 2.45) is 0 Å². The minimum atomic E-state index is -3.16. The van der Waals surface area contributed by atoms with E-state index < -0.39 is 9.84 Å².